The van der Waals surface area contributed by atoms with E-state index in [2.05, 4.69) is 15.4 Å². The van der Waals surface area contributed by atoms with Crippen LogP contribution in [0.15, 0.2) is 61.2 Å². The van der Waals surface area contributed by atoms with Crippen molar-refractivity contribution >= 4 is 11.6 Å². The van der Waals surface area contributed by atoms with Crippen LogP contribution < -0.4 is 5.32 Å². The first kappa shape index (κ1) is 19.2. The van der Waals surface area contributed by atoms with E-state index in [-0.39, 0.29) is 28.9 Å². The number of nitro benzene ring substituents is 1. The van der Waals surface area contributed by atoms with Crippen molar-refractivity contribution in [2.45, 2.75) is 6.04 Å². The van der Waals surface area contributed by atoms with Crippen molar-refractivity contribution in [1.29, 1.82) is 0 Å². The molecule has 2 aromatic carbocycles. The van der Waals surface area contributed by atoms with Gasteiger partial charge in [-0.1, -0.05) is 30.3 Å². The highest BCUT2D eigenvalue weighted by Gasteiger charge is 2.21. The van der Waals surface area contributed by atoms with E-state index in [9.17, 15) is 14.9 Å². The average Bonchev–Trinajstić information content (AvgIpc) is 3.22. The molecule has 1 atom stereocenters. The van der Waals surface area contributed by atoms with Gasteiger partial charge in [0.2, 0.25) is 0 Å². The number of carbonyl (C=O) groups is 1. The number of nitro groups is 1. The summed E-state index contributed by atoms with van der Waals surface area (Å²) in [6.45, 7) is 0.370. The van der Waals surface area contributed by atoms with Gasteiger partial charge in [0.1, 0.15) is 18.3 Å². The molecule has 0 fully saturated rings. The first-order valence-electron chi connectivity index (χ1n) is 8.60. The second-order valence-electron chi connectivity index (χ2n) is 6.40. The standard InChI is InChI=1S/C19H20N6O3/c1-23(2)18(14-6-4-3-5-7-14)11-21-19(26)15-8-9-16(17(10-15)25(27)28)24-13-20-12-22-24/h3-10,12-13,18H,11H2,1-2H3,(H,21,26). The Morgan fingerprint density at radius 1 is 1.25 bits per heavy atom. The Labute approximate surface area is 161 Å². The lowest BCUT2D eigenvalue weighted by molar-refractivity contribution is -0.384. The molecule has 0 radical (unpaired) electrons. The average molecular weight is 380 g/mol. The predicted molar refractivity (Wildman–Crippen MR) is 103 cm³/mol. The maximum atomic E-state index is 12.6. The summed E-state index contributed by atoms with van der Waals surface area (Å²) in [6.07, 6.45) is 2.65. The molecule has 1 N–H and O–H groups in total. The number of nitrogens with one attached hydrogen (secondary N) is 1. The zero-order valence-electron chi connectivity index (χ0n) is 15.5. The van der Waals surface area contributed by atoms with Crippen molar-refractivity contribution in [3.63, 3.8) is 0 Å². The monoisotopic (exact) mass is 380 g/mol. The number of rotatable bonds is 7. The Morgan fingerprint density at radius 3 is 2.61 bits per heavy atom. The molecule has 1 unspecified atom stereocenters. The van der Waals surface area contributed by atoms with E-state index in [0.717, 1.165) is 5.56 Å². The molecule has 28 heavy (non-hydrogen) atoms. The van der Waals surface area contributed by atoms with E-state index < -0.39 is 4.92 Å². The van der Waals surface area contributed by atoms with Crippen molar-refractivity contribution in [3.05, 3.63) is 82.4 Å². The fraction of sp³-hybridized carbons (Fsp3) is 0.211. The zero-order valence-corrected chi connectivity index (χ0v) is 15.5. The number of carbonyl (C=O) groups excluding carboxylic acids is 1. The normalized spacial score (nSPS) is 12.0. The minimum Gasteiger partial charge on any atom is -0.350 e. The van der Waals surface area contributed by atoms with Crippen LogP contribution in [0.2, 0.25) is 0 Å². The lowest BCUT2D eigenvalue weighted by Crippen LogP contribution is -2.34. The molecular weight excluding hydrogens is 360 g/mol. The van der Waals surface area contributed by atoms with Gasteiger partial charge < -0.3 is 10.2 Å². The summed E-state index contributed by atoms with van der Waals surface area (Å²) in [7, 11) is 3.86. The third-order valence-electron chi connectivity index (χ3n) is 4.36. The van der Waals surface area contributed by atoms with Gasteiger partial charge in [-0.15, -0.1) is 0 Å². The summed E-state index contributed by atoms with van der Waals surface area (Å²) >= 11 is 0. The lowest BCUT2D eigenvalue weighted by atomic mass is 10.1. The fourth-order valence-corrected chi connectivity index (χ4v) is 2.90. The van der Waals surface area contributed by atoms with Gasteiger partial charge in [-0.3, -0.25) is 14.9 Å². The molecule has 0 bridgehead atoms. The minimum absolute atomic E-state index is 0.0189. The minimum atomic E-state index is -0.541. The number of likely N-dealkylation sites (N-methyl/N-ethyl adjacent to an activating group) is 1. The molecule has 0 saturated heterocycles. The van der Waals surface area contributed by atoms with Crippen molar-refractivity contribution < 1.29 is 9.72 Å². The topological polar surface area (TPSA) is 106 Å². The van der Waals surface area contributed by atoms with Gasteiger partial charge in [0.05, 0.1) is 11.0 Å². The van der Waals surface area contributed by atoms with E-state index in [4.69, 9.17) is 0 Å². The van der Waals surface area contributed by atoms with E-state index in [1.165, 1.54) is 35.5 Å². The summed E-state index contributed by atoms with van der Waals surface area (Å²) in [5.74, 6) is -0.379. The molecule has 0 aliphatic heterocycles. The summed E-state index contributed by atoms with van der Waals surface area (Å²) < 4.78 is 1.29. The maximum Gasteiger partial charge on any atom is 0.295 e. The molecule has 0 aliphatic carbocycles. The Bertz CT molecular complexity index is 957. The highest BCUT2D eigenvalue weighted by Crippen LogP contribution is 2.24. The number of amides is 1. The summed E-state index contributed by atoms with van der Waals surface area (Å²) in [6, 6.07) is 14.1. The molecule has 3 aromatic rings. The fourth-order valence-electron chi connectivity index (χ4n) is 2.90. The number of hydrogen-bond acceptors (Lipinski definition) is 6. The number of aromatic nitrogens is 3. The van der Waals surface area contributed by atoms with Gasteiger partial charge in [-0.2, -0.15) is 5.10 Å². The van der Waals surface area contributed by atoms with E-state index >= 15 is 0 Å². The first-order chi connectivity index (χ1) is 13.5. The summed E-state index contributed by atoms with van der Waals surface area (Å²) in [4.78, 5) is 29.3. The number of nitrogens with zero attached hydrogens (tertiary/aromatic N) is 5. The highest BCUT2D eigenvalue weighted by molar-refractivity contribution is 5.95. The molecule has 0 saturated carbocycles. The van der Waals surface area contributed by atoms with Crippen LogP contribution in [0.3, 0.4) is 0 Å². The van der Waals surface area contributed by atoms with Gasteiger partial charge in [-0.05, 0) is 31.8 Å². The van der Waals surface area contributed by atoms with Crippen LogP contribution in [0, 0.1) is 10.1 Å². The van der Waals surface area contributed by atoms with Crippen LogP contribution in [-0.4, -0.2) is 51.1 Å². The number of benzene rings is 2. The van der Waals surface area contributed by atoms with Crippen LogP contribution in [-0.2, 0) is 0 Å². The van der Waals surface area contributed by atoms with Crippen molar-refractivity contribution in [2.75, 3.05) is 20.6 Å². The maximum absolute atomic E-state index is 12.6. The number of hydrogen-bond donors (Lipinski definition) is 1. The van der Waals surface area contributed by atoms with Crippen LogP contribution in [0.1, 0.15) is 22.0 Å². The SMILES string of the molecule is CN(C)C(CNC(=O)c1ccc(-n2cncn2)c([N+](=O)[O-])c1)c1ccccc1. The largest absolute Gasteiger partial charge is 0.350 e. The zero-order chi connectivity index (χ0) is 20.1. The molecule has 0 aliphatic rings. The molecule has 1 heterocycles. The van der Waals surface area contributed by atoms with Gasteiger partial charge >= 0.3 is 0 Å². The molecule has 3 rings (SSSR count). The molecule has 9 heteroatoms. The van der Waals surface area contributed by atoms with Crippen molar-refractivity contribution in [3.8, 4) is 5.69 Å². The van der Waals surface area contributed by atoms with Crippen LogP contribution in [0.4, 0.5) is 5.69 Å². The molecular formula is C19H20N6O3. The van der Waals surface area contributed by atoms with Gasteiger partial charge in [-0.25, -0.2) is 9.67 Å². The molecule has 0 spiro atoms. The second-order valence-corrected chi connectivity index (χ2v) is 6.40. The van der Waals surface area contributed by atoms with Crippen LogP contribution in [0.5, 0.6) is 0 Å². The highest BCUT2D eigenvalue weighted by atomic mass is 16.6. The lowest BCUT2D eigenvalue weighted by Gasteiger charge is -2.25. The van der Waals surface area contributed by atoms with E-state index in [1.54, 1.807) is 0 Å². The van der Waals surface area contributed by atoms with Crippen LogP contribution in [0.25, 0.3) is 5.69 Å². The molecule has 1 aromatic heterocycles. The van der Waals surface area contributed by atoms with E-state index in [1.807, 2.05) is 49.3 Å². The van der Waals surface area contributed by atoms with Gasteiger partial charge in [0.25, 0.3) is 11.6 Å². The van der Waals surface area contributed by atoms with Gasteiger partial charge in [0, 0.05) is 18.2 Å². The van der Waals surface area contributed by atoms with Crippen LogP contribution >= 0.6 is 0 Å². The van der Waals surface area contributed by atoms with Gasteiger partial charge in [0.15, 0.2) is 0 Å². The molecule has 9 nitrogen and oxygen atoms in total. The summed E-state index contributed by atoms with van der Waals surface area (Å²) in [5, 5.41) is 18.2. The Balaban J connectivity index is 1.79. The smallest absolute Gasteiger partial charge is 0.295 e. The molecule has 144 valence electrons. The quantitative estimate of drug-likeness (QED) is 0.497. The van der Waals surface area contributed by atoms with Crippen molar-refractivity contribution in [2.24, 2.45) is 0 Å². The third-order valence-corrected chi connectivity index (χ3v) is 4.36. The van der Waals surface area contributed by atoms with Crippen molar-refractivity contribution in [1.82, 2.24) is 25.0 Å². The first-order valence-corrected chi connectivity index (χ1v) is 8.60. The predicted octanol–water partition coefficient (Wildman–Crippen LogP) is 2.21. The third kappa shape index (κ3) is 4.21. The Kier molecular flexibility index (Phi) is 5.75. The Hall–Kier alpha value is -3.59. The van der Waals surface area contributed by atoms with E-state index in [0.29, 0.717) is 6.54 Å². The molecule has 1 amide bonds. The Morgan fingerprint density at radius 2 is 2.00 bits per heavy atom. The summed E-state index contributed by atoms with van der Waals surface area (Å²) in [5.41, 5.74) is 1.31. The second kappa shape index (κ2) is 8.40.